The lowest BCUT2D eigenvalue weighted by Gasteiger charge is -2.19. The van der Waals surface area contributed by atoms with Crippen LogP contribution in [0.3, 0.4) is 0 Å². The topological polar surface area (TPSA) is 75.7 Å². The molecule has 1 heterocycles. The van der Waals surface area contributed by atoms with Crippen molar-refractivity contribution in [3.8, 4) is 0 Å². The first-order chi connectivity index (χ1) is 13.3. The first-order valence-electron chi connectivity index (χ1n) is 8.62. The molecular formula is C20H18BrClN2O4. The second-order valence-electron chi connectivity index (χ2n) is 6.45. The molecule has 1 aliphatic heterocycles. The molecule has 1 aliphatic rings. The van der Waals surface area contributed by atoms with Gasteiger partial charge in [0.15, 0.2) is 6.61 Å². The van der Waals surface area contributed by atoms with Gasteiger partial charge in [0.1, 0.15) is 0 Å². The van der Waals surface area contributed by atoms with Gasteiger partial charge < -0.3 is 15.0 Å². The summed E-state index contributed by atoms with van der Waals surface area (Å²) in [5.74, 6) is -1.80. The van der Waals surface area contributed by atoms with Gasteiger partial charge in [-0.2, -0.15) is 0 Å². The van der Waals surface area contributed by atoms with E-state index in [0.717, 1.165) is 10.0 Å². The van der Waals surface area contributed by atoms with Crippen molar-refractivity contribution in [1.29, 1.82) is 0 Å². The summed E-state index contributed by atoms with van der Waals surface area (Å²) >= 11 is 9.44. The van der Waals surface area contributed by atoms with Crippen molar-refractivity contribution in [2.45, 2.75) is 13.3 Å². The molecule has 2 amide bonds. The number of amides is 2. The zero-order valence-corrected chi connectivity index (χ0v) is 17.4. The van der Waals surface area contributed by atoms with Crippen LogP contribution in [0.4, 0.5) is 11.4 Å². The van der Waals surface area contributed by atoms with Crippen molar-refractivity contribution in [1.82, 2.24) is 0 Å². The Labute approximate surface area is 175 Å². The molecular weight excluding hydrogens is 448 g/mol. The lowest BCUT2D eigenvalue weighted by molar-refractivity contribution is -0.151. The third-order valence-corrected chi connectivity index (χ3v) is 5.40. The predicted octanol–water partition coefficient (Wildman–Crippen LogP) is 3.95. The van der Waals surface area contributed by atoms with Gasteiger partial charge in [0.25, 0.3) is 5.91 Å². The molecule has 28 heavy (non-hydrogen) atoms. The lowest BCUT2D eigenvalue weighted by Crippen LogP contribution is -2.28. The Morgan fingerprint density at radius 2 is 1.96 bits per heavy atom. The molecule has 1 fully saturated rings. The van der Waals surface area contributed by atoms with Crippen LogP contribution in [-0.2, 0) is 19.1 Å². The van der Waals surface area contributed by atoms with E-state index >= 15 is 0 Å². The number of hydrogen-bond acceptors (Lipinski definition) is 4. The number of anilines is 2. The van der Waals surface area contributed by atoms with Gasteiger partial charge in [-0.25, -0.2) is 0 Å². The van der Waals surface area contributed by atoms with E-state index in [4.69, 9.17) is 16.3 Å². The fraction of sp³-hybridized carbons (Fsp3) is 0.250. The Balaban J connectivity index is 1.55. The van der Waals surface area contributed by atoms with E-state index in [9.17, 15) is 14.4 Å². The molecule has 146 valence electrons. The highest BCUT2D eigenvalue weighted by molar-refractivity contribution is 9.10. The number of ether oxygens (including phenoxy) is 1. The van der Waals surface area contributed by atoms with E-state index in [1.165, 1.54) is 4.90 Å². The fourth-order valence-electron chi connectivity index (χ4n) is 2.97. The quantitative estimate of drug-likeness (QED) is 0.679. The van der Waals surface area contributed by atoms with E-state index in [-0.39, 0.29) is 18.9 Å². The minimum Gasteiger partial charge on any atom is -0.455 e. The minimum atomic E-state index is -0.619. The number of rotatable bonds is 5. The molecule has 0 radical (unpaired) electrons. The number of hydrogen-bond donors (Lipinski definition) is 1. The molecule has 0 aromatic heterocycles. The van der Waals surface area contributed by atoms with Crippen molar-refractivity contribution in [3.63, 3.8) is 0 Å². The molecule has 0 aliphatic carbocycles. The van der Waals surface area contributed by atoms with Crippen molar-refractivity contribution in [2.75, 3.05) is 23.4 Å². The number of nitrogens with zero attached hydrogens (tertiary/aromatic N) is 1. The van der Waals surface area contributed by atoms with Crippen LogP contribution in [0.15, 0.2) is 46.9 Å². The lowest BCUT2D eigenvalue weighted by atomic mass is 10.1. The molecule has 8 heteroatoms. The van der Waals surface area contributed by atoms with Crippen molar-refractivity contribution in [2.24, 2.45) is 5.92 Å². The van der Waals surface area contributed by atoms with E-state index in [0.29, 0.717) is 16.4 Å². The largest absolute Gasteiger partial charge is 0.455 e. The molecule has 2 aromatic carbocycles. The van der Waals surface area contributed by atoms with Gasteiger partial charge in [-0.05, 0) is 48.9 Å². The van der Waals surface area contributed by atoms with Gasteiger partial charge in [0.05, 0.1) is 5.92 Å². The molecule has 1 N–H and O–H groups in total. The summed E-state index contributed by atoms with van der Waals surface area (Å²) in [7, 11) is 0. The Morgan fingerprint density at radius 1 is 1.25 bits per heavy atom. The monoisotopic (exact) mass is 464 g/mol. The average molecular weight is 466 g/mol. The highest BCUT2D eigenvalue weighted by Crippen LogP contribution is 2.31. The molecule has 3 rings (SSSR count). The second-order valence-corrected chi connectivity index (χ2v) is 7.78. The van der Waals surface area contributed by atoms with E-state index in [1.807, 2.05) is 6.92 Å². The van der Waals surface area contributed by atoms with Crippen molar-refractivity contribution >= 4 is 56.7 Å². The van der Waals surface area contributed by atoms with Gasteiger partial charge in [0.2, 0.25) is 5.91 Å². The maximum Gasteiger partial charge on any atom is 0.311 e. The summed E-state index contributed by atoms with van der Waals surface area (Å²) < 4.78 is 6.00. The number of carbonyl (C=O) groups excluding carboxylic acids is 3. The van der Waals surface area contributed by atoms with E-state index < -0.39 is 24.4 Å². The van der Waals surface area contributed by atoms with Crippen molar-refractivity contribution in [3.05, 3.63) is 57.5 Å². The van der Waals surface area contributed by atoms with E-state index in [2.05, 4.69) is 21.2 Å². The van der Waals surface area contributed by atoms with Gasteiger partial charge in [0, 0.05) is 33.8 Å². The molecule has 0 saturated carbocycles. The minimum absolute atomic E-state index is 0.0408. The summed E-state index contributed by atoms with van der Waals surface area (Å²) in [5, 5.41) is 3.20. The van der Waals surface area contributed by atoms with Crippen molar-refractivity contribution < 1.29 is 19.1 Å². The normalized spacial score (nSPS) is 16.2. The van der Waals surface area contributed by atoms with Gasteiger partial charge in [-0.3, -0.25) is 14.4 Å². The van der Waals surface area contributed by atoms with Crippen LogP contribution in [0.25, 0.3) is 0 Å². The van der Waals surface area contributed by atoms with Crippen LogP contribution in [-0.4, -0.2) is 30.9 Å². The number of benzene rings is 2. The van der Waals surface area contributed by atoms with Crippen LogP contribution in [0.2, 0.25) is 5.02 Å². The summed E-state index contributed by atoms with van der Waals surface area (Å²) in [6, 6.07) is 12.3. The Morgan fingerprint density at radius 3 is 2.68 bits per heavy atom. The second kappa shape index (κ2) is 8.75. The summed E-state index contributed by atoms with van der Waals surface area (Å²) in [6.45, 7) is 1.62. The van der Waals surface area contributed by atoms with Crippen LogP contribution in [0.5, 0.6) is 0 Å². The first kappa shape index (κ1) is 20.4. The van der Waals surface area contributed by atoms with Crippen LogP contribution >= 0.6 is 27.5 Å². The Bertz CT molecular complexity index is 917. The summed E-state index contributed by atoms with van der Waals surface area (Å²) in [4.78, 5) is 38.2. The molecule has 1 saturated heterocycles. The Kier molecular flexibility index (Phi) is 6.36. The zero-order valence-electron chi connectivity index (χ0n) is 15.1. The SMILES string of the molecule is Cc1c(Cl)cccc1N1C[C@H](C(=O)OCC(=O)Nc2ccc(Br)cc2)CC1=O. The first-order valence-corrected chi connectivity index (χ1v) is 9.80. The predicted molar refractivity (Wildman–Crippen MR) is 110 cm³/mol. The van der Waals surface area contributed by atoms with Gasteiger partial charge in [-0.15, -0.1) is 0 Å². The fourth-order valence-corrected chi connectivity index (χ4v) is 3.41. The smallest absolute Gasteiger partial charge is 0.311 e. The summed E-state index contributed by atoms with van der Waals surface area (Å²) in [6.07, 6.45) is 0.0408. The maximum absolute atomic E-state index is 12.4. The standard InChI is InChI=1S/C20H18BrClN2O4/c1-12-16(22)3-2-4-17(12)24-10-13(9-19(24)26)20(27)28-11-18(25)23-15-7-5-14(21)6-8-15/h2-8,13H,9-11H2,1H3,(H,23,25)/t13-/m1/s1. The molecule has 1 atom stereocenters. The molecule has 0 spiro atoms. The molecule has 2 aromatic rings. The molecule has 6 nitrogen and oxygen atoms in total. The number of carbonyl (C=O) groups is 3. The van der Waals surface area contributed by atoms with E-state index in [1.54, 1.807) is 42.5 Å². The number of esters is 1. The third kappa shape index (κ3) is 4.72. The third-order valence-electron chi connectivity index (χ3n) is 4.46. The van der Waals surface area contributed by atoms with Crippen LogP contribution in [0.1, 0.15) is 12.0 Å². The average Bonchev–Trinajstić information content (AvgIpc) is 3.05. The Hall–Kier alpha value is -2.38. The highest BCUT2D eigenvalue weighted by atomic mass is 79.9. The summed E-state index contributed by atoms with van der Waals surface area (Å²) in [5.41, 5.74) is 2.06. The zero-order chi connectivity index (χ0) is 20.3. The molecule has 0 bridgehead atoms. The highest BCUT2D eigenvalue weighted by Gasteiger charge is 2.37. The van der Waals surface area contributed by atoms with Gasteiger partial charge in [-0.1, -0.05) is 33.6 Å². The number of nitrogens with one attached hydrogen (secondary N) is 1. The maximum atomic E-state index is 12.4. The van der Waals surface area contributed by atoms with Crippen LogP contribution < -0.4 is 10.2 Å². The van der Waals surface area contributed by atoms with Gasteiger partial charge >= 0.3 is 5.97 Å². The number of halogens is 2. The molecule has 0 unspecified atom stereocenters. The van der Waals surface area contributed by atoms with Crippen LogP contribution in [0, 0.1) is 12.8 Å².